The van der Waals surface area contributed by atoms with Gasteiger partial charge in [-0.15, -0.1) is 0 Å². The fraction of sp³-hybridized carbons (Fsp3) is 0.222. The summed E-state index contributed by atoms with van der Waals surface area (Å²) in [6.07, 6.45) is 0. The minimum Gasteiger partial charge on any atom is -0.507 e. The van der Waals surface area contributed by atoms with Gasteiger partial charge in [0.25, 0.3) is 5.91 Å². The number of benzene rings is 2. The van der Waals surface area contributed by atoms with Gasteiger partial charge in [0.15, 0.2) is 6.61 Å². The molecule has 0 aliphatic carbocycles. The number of esters is 1. The fourth-order valence-corrected chi connectivity index (χ4v) is 3.10. The maximum absolute atomic E-state index is 12.1. The number of carbonyl (C=O) groups excluding carboxylic acids is 2. The lowest BCUT2D eigenvalue weighted by atomic mass is 10.2. The zero-order chi connectivity index (χ0) is 20.9. The average molecular weight is 408 g/mol. The molecule has 2 N–H and O–H groups in total. The Hall–Kier alpha value is -3.11. The number of hydrogen-bond acceptors (Lipinski definition) is 7. The highest BCUT2D eigenvalue weighted by atomic mass is 32.2. The van der Waals surface area contributed by atoms with E-state index in [0.29, 0.717) is 5.75 Å². The Labute approximate surface area is 162 Å². The highest BCUT2D eigenvalue weighted by Gasteiger charge is 2.18. The average Bonchev–Trinajstić information content (AvgIpc) is 2.66. The molecule has 0 heterocycles. The molecule has 150 valence electrons. The van der Waals surface area contributed by atoms with Gasteiger partial charge in [0, 0.05) is 19.8 Å². The van der Waals surface area contributed by atoms with Crippen LogP contribution in [0.1, 0.15) is 10.4 Å². The van der Waals surface area contributed by atoms with Gasteiger partial charge in [0.2, 0.25) is 10.0 Å². The molecule has 0 saturated carbocycles. The molecule has 0 aliphatic rings. The number of anilines is 1. The first-order valence-corrected chi connectivity index (χ1v) is 9.45. The third-order valence-corrected chi connectivity index (χ3v) is 5.47. The van der Waals surface area contributed by atoms with Crippen LogP contribution < -0.4 is 10.1 Å². The molecular weight excluding hydrogens is 388 g/mol. The van der Waals surface area contributed by atoms with Crippen LogP contribution in [-0.2, 0) is 19.6 Å². The first kappa shape index (κ1) is 21.2. The van der Waals surface area contributed by atoms with E-state index in [1.807, 2.05) is 0 Å². The summed E-state index contributed by atoms with van der Waals surface area (Å²) in [7, 11) is 0.545. The summed E-state index contributed by atoms with van der Waals surface area (Å²) in [5.41, 5.74) is 0.0828. The molecule has 10 heteroatoms. The largest absolute Gasteiger partial charge is 0.507 e. The van der Waals surface area contributed by atoms with Crippen LogP contribution in [0.25, 0.3) is 0 Å². The summed E-state index contributed by atoms with van der Waals surface area (Å²) in [6, 6.07) is 9.69. The molecule has 2 aromatic carbocycles. The van der Waals surface area contributed by atoms with Crippen molar-refractivity contribution in [2.24, 2.45) is 0 Å². The second-order valence-corrected chi connectivity index (χ2v) is 7.97. The maximum Gasteiger partial charge on any atom is 0.342 e. The van der Waals surface area contributed by atoms with Crippen LogP contribution in [0.5, 0.6) is 11.5 Å². The van der Waals surface area contributed by atoms with Crippen LogP contribution in [-0.4, -0.2) is 57.5 Å². The Balaban J connectivity index is 2.03. The standard InChI is InChI=1S/C18H20N2O7S/c1-20(2)28(24,25)14-6-4-5-12(9-14)19-17(22)11-27-18(23)15-10-13(26-3)7-8-16(15)21/h4-10,21H,11H2,1-3H3,(H,19,22). The maximum atomic E-state index is 12.1. The summed E-state index contributed by atoms with van der Waals surface area (Å²) >= 11 is 0. The van der Waals surface area contributed by atoms with Crippen molar-refractivity contribution in [1.29, 1.82) is 0 Å². The Morgan fingerprint density at radius 2 is 1.86 bits per heavy atom. The number of aromatic hydroxyl groups is 1. The summed E-state index contributed by atoms with van der Waals surface area (Å²) in [6.45, 7) is -0.625. The minimum atomic E-state index is -3.65. The SMILES string of the molecule is COc1ccc(O)c(C(=O)OCC(=O)Nc2cccc(S(=O)(=O)N(C)C)c2)c1. The number of nitrogens with one attached hydrogen (secondary N) is 1. The molecule has 0 bridgehead atoms. The summed E-state index contributed by atoms with van der Waals surface area (Å²) in [5.74, 6) is -1.55. The lowest BCUT2D eigenvalue weighted by Gasteiger charge is -2.13. The third-order valence-electron chi connectivity index (χ3n) is 3.65. The van der Waals surface area contributed by atoms with Gasteiger partial charge in [-0.3, -0.25) is 4.79 Å². The number of phenolic OH excluding ortho intramolecular Hbond substituents is 1. The van der Waals surface area contributed by atoms with E-state index < -0.39 is 28.5 Å². The summed E-state index contributed by atoms with van der Waals surface area (Å²) in [4.78, 5) is 24.1. The Morgan fingerprint density at radius 1 is 1.14 bits per heavy atom. The molecule has 0 aliphatic heterocycles. The van der Waals surface area contributed by atoms with Gasteiger partial charge < -0.3 is 19.9 Å². The molecule has 0 saturated heterocycles. The van der Waals surface area contributed by atoms with E-state index in [0.717, 1.165) is 4.31 Å². The molecule has 0 spiro atoms. The van der Waals surface area contributed by atoms with Crippen molar-refractivity contribution in [2.75, 3.05) is 33.1 Å². The summed E-state index contributed by atoms with van der Waals surface area (Å²) < 4.78 is 35.2. The van der Waals surface area contributed by atoms with Gasteiger partial charge in [-0.1, -0.05) is 6.07 Å². The quantitative estimate of drug-likeness (QED) is 0.665. The number of rotatable bonds is 7. The van der Waals surface area contributed by atoms with E-state index in [4.69, 9.17) is 9.47 Å². The van der Waals surface area contributed by atoms with Crippen LogP contribution in [0.15, 0.2) is 47.4 Å². The zero-order valence-corrected chi connectivity index (χ0v) is 16.3. The number of sulfonamides is 1. The molecule has 0 atom stereocenters. The number of phenols is 1. The van der Waals surface area contributed by atoms with Gasteiger partial charge in [-0.05, 0) is 36.4 Å². The monoisotopic (exact) mass is 408 g/mol. The predicted octanol–water partition coefficient (Wildman–Crippen LogP) is 1.45. The lowest BCUT2D eigenvalue weighted by Crippen LogP contribution is -2.23. The second kappa shape index (κ2) is 8.72. The Bertz CT molecular complexity index is 987. The van der Waals surface area contributed by atoms with E-state index in [1.165, 1.54) is 63.7 Å². The van der Waals surface area contributed by atoms with Crippen molar-refractivity contribution < 1.29 is 32.6 Å². The molecule has 0 aromatic heterocycles. The number of amides is 1. The minimum absolute atomic E-state index is 0.00796. The molecule has 2 aromatic rings. The smallest absolute Gasteiger partial charge is 0.342 e. The molecule has 0 radical (unpaired) electrons. The molecule has 2 rings (SSSR count). The van der Waals surface area contributed by atoms with E-state index in [9.17, 15) is 23.1 Å². The van der Waals surface area contributed by atoms with Gasteiger partial charge in [-0.2, -0.15) is 0 Å². The lowest BCUT2D eigenvalue weighted by molar-refractivity contribution is -0.119. The van der Waals surface area contributed by atoms with E-state index >= 15 is 0 Å². The van der Waals surface area contributed by atoms with Gasteiger partial charge in [0.1, 0.15) is 17.1 Å². The first-order chi connectivity index (χ1) is 13.1. The fourth-order valence-electron chi connectivity index (χ4n) is 2.16. The Morgan fingerprint density at radius 3 is 2.50 bits per heavy atom. The third kappa shape index (κ3) is 4.99. The molecule has 1 amide bonds. The van der Waals surface area contributed by atoms with Crippen molar-refractivity contribution in [3.63, 3.8) is 0 Å². The number of carbonyl (C=O) groups is 2. The van der Waals surface area contributed by atoms with Crippen molar-refractivity contribution in [2.45, 2.75) is 4.90 Å². The normalized spacial score (nSPS) is 11.1. The highest BCUT2D eigenvalue weighted by molar-refractivity contribution is 7.89. The number of hydrogen-bond donors (Lipinski definition) is 2. The van der Waals surface area contributed by atoms with Crippen LogP contribution in [0.4, 0.5) is 5.69 Å². The van der Waals surface area contributed by atoms with Crippen LogP contribution in [0, 0.1) is 0 Å². The van der Waals surface area contributed by atoms with Crippen molar-refractivity contribution in [1.82, 2.24) is 4.31 Å². The molecule has 9 nitrogen and oxygen atoms in total. The molecule has 0 fully saturated rings. The van der Waals surface area contributed by atoms with Crippen LogP contribution in [0.2, 0.25) is 0 Å². The highest BCUT2D eigenvalue weighted by Crippen LogP contribution is 2.23. The molecule has 28 heavy (non-hydrogen) atoms. The first-order valence-electron chi connectivity index (χ1n) is 8.01. The van der Waals surface area contributed by atoms with E-state index in [2.05, 4.69) is 5.32 Å². The topological polar surface area (TPSA) is 122 Å². The van der Waals surface area contributed by atoms with E-state index in [1.54, 1.807) is 0 Å². The van der Waals surface area contributed by atoms with Crippen molar-refractivity contribution >= 4 is 27.6 Å². The van der Waals surface area contributed by atoms with E-state index in [-0.39, 0.29) is 21.9 Å². The van der Waals surface area contributed by atoms with Gasteiger partial charge >= 0.3 is 5.97 Å². The van der Waals surface area contributed by atoms with Gasteiger partial charge in [0.05, 0.1) is 12.0 Å². The molecule has 0 unspecified atom stereocenters. The number of methoxy groups -OCH3 is 1. The van der Waals surface area contributed by atoms with Crippen molar-refractivity contribution in [3.05, 3.63) is 48.0 Å². The zero-order valence-electron chi connectivity index (χ0n) is 15.5. The number of ether oxygens (including phenoxy) is 2. The predicted molar refractivity (Wildman–Crippen MR) is 101 cm³/mol. The van der Waals surface area contributed by atoms with Crippen LogP contribution in [0.3, 0.4) is 0 Å². The molecular formula is C18H20N2O7S. The Kier molecular flexibility index (Phi) is 6.60. The second-order valence-electron chi connectivity index (χ2n) is 5.82. The van der Waals surface area contributed by atoms with Gasteiger partial charge in [-0.25, -0.2) is 17.5 Å². The number of nitrogens with zero attached hydrogens (tertiary/aromatic N) is 1. The van der Waals surface area contributed by atoms with Crippen LogP contribution >= 0.6 is 0 Å². The van der Waals surface area contributed by atoms with Crippen molar-refractivity contribution in [3.8, 4) is 11.5 Å². The summed E-state index contributed by atoms with van der Waals surface area (Å²) in [5, 5.41) is 12.2.